The van der Waals surface area contributed by atoms with Gasteiger partial charge in [-0.05, 0) is 37.3 Å². The molecule has 1 rings (SSSR count). The molecule has 0 aliphatic rings. The molecule has 1 amide bonds. The van der Waals surface area contributed by atoms with Crippen molar-refractivity contribution in [3.63, 3.8) is 0 Å². The van der Waals surface area contributed by atoms with E-state index in [4.69, 9.17) is 5.11 Å². The summed E-state index contributed by atoms with van der Waals surface area (Å²) in [5, 5.41) is 22.5. The Labute approximate surface area is 118 Å². The highest BCUT2D eigenvalue weighted by atomic mass is 16.6. The molecule has 1 aromatic carbocycles. The third-order valence-electron chi connectivity index (χ3n) is 3.06. The molecule has 1 unspecified atom stereocenters. The van der Waals surface area contributed by atoms with Gasteiger partial charge in [0.15, 0.2) is 0 Å². The molecule has 110 valence electrons. The van der Waals surface area contributed by atoms with Crippen LogP contribution < -0.4 is 5.32 Å². The van der Waals surface area contributed by atoms with Crippen LogP contribution in [-0.2, 0) is 0 Å². The van der Waals surface area contributed by atoms with Gasteiger partial charge in [-0.2, -0.15) is 0 Å². The van der Waals surface area contributed by atoms with Gasteiger partial charge in [0.05, 0.1) is 4.92 Å². The number of rotatable bonds is 7. The first-order valence-corrected chi connectivity index (χ1v) is 6.59. The number of nitro groups is 1. The predicted octanol–water partition coefficient (Wildman–Crippen LogP) is 2.04. The van der Waals surface area contributed by atoms with E-state index in [1.54, 1.807) is 13.0 Å². The monoisotopic (exact) mass is 280 g/mol. The molecule has 0 aromatic heterocycles. The maximum absolute atomic E-state index is 12.0. The second-order valence-electron chi connectivity index (χ2n) is 4.96. The van der Waals surface area contributed by atoms with Gasteiger partial charge in [0.1, 0.15) is 5.56 Å². The summed E-state index contributed by atoms with van der Waals surface area (Å²) in [7, 11) is 0. The molecule has 0 radical (unpaired) electrons. The summed E-state index contributed by atoms with van der Waals surface area (Å²) in [6.45, 7) is 4.27. The number of aliphatic hydroxyl groups is 1. The molecule has 6 heteroatoms. The molecule has 1 aromatic rings. The summed E-state index contributed by atoms with van der Waals surface area (Å²) < 4.78 is 0. The van der Waals surface area contributed by atoms with Crippen molar-refractivity contribution in [1.29, 1.82) is 0 Å². The lowest BCUT2D eigenvalue weighted by atomic mass is 10.1. The molecule has 0 bridgehead atoms. The number of aliphatic hydroxyl groups excluding tert-OH is 1. The minimum Gasteiger partial charge on any atom is -0.396 e. The molecule has 6 nitrogen and oxygen atoms in total. The van der Waals surface area contributed by atoms with Crippen LogP contribution in [0.4, 0.5) is 5.69 Å². The predicted molar refractivity (Wildman–Crippen MR) is 75.7 cm³/mol. The number of aryl methyl sites for hydroxylation is 1. The number of nitro benzene ring substituents is 1. The fourth-order valence-electron chi connectivity index (χ4n) is 1.83. The van der Waals surface area contributed by atoms with E-state index in [1.807, 2.05) is 6.92 Å². The number of nitrogens with zero attached hydrogens (tertiary/aromatic N) is 1. The Hall–Kier alpha value is -1.95. The smallest absolute Gasteiger partial charge is 0.282 e. The molecule has 1 atom stereocenters. The Bertz CT molecular complexity index is 488. The van der Waals surface area contributed by atoms with Gasteiger partial charge in [0.2, 0.25) is 0 Å². The lowest BCUT2D eigenvalue weighted by Gasteiger charge is -2.09. The average Bonchev–Trinajstić information content (AvgIpc) is 2.42. The molecule has 0 aliphatic heterocycles. The van der Waals surface area contributed by atoms with Crippen molar-refractivity contribution in [3.05, 3.63) is 39.4 Å². The first-order chi connectivity index (χ1) is 9.45. The van der Waals surface area contributed by atoms with E-state index in [9.17, 15) is 14.9 Å². The van der Waals surface area contributed by atoms with Gasteiger partial charge in [0.25, 0.3) is 11.6 Å². The summed E-state index contributed by atoms with van der Waals surface area (Å²) in [4.78, 5) is 22.3. The van der Waals surface area contributed by atoms with Crippen LogP contribution in [0.2, 0.25) is 0 Å². The van der Waals surface area contributed by atoms with E-state index in [-0.39, 0.29) is 23.8 Å². The highest BCUT2D eigenvalue weighted by Crippen LogP contribution is 2.19. The second-order valence-corrected chi connectivity index (χ2v) is 4.96. The van der Waals surface area contributed by atoms with Gasteiger partial charge in [-0.25, -0.2) is 0 Å². The third-order valence-corrected chi connectivity index (χ3v) is 3.06. The molecule has 0 saturated heterocycles. The van der Waals surface area contributed by atoms with Gasteiger partial charge in [-0.3, -0.25) is 14.9 Å². The van der Waals surface area contributed by atoms with Crippen LogP contribution in [0.25, 0.3) is 0 Å². The summed E-state index contributed by atoms with van der Waals surface area (Å²) in [5.41, 5.74) is 0.705. The number of amides is 1. The molecule has 0 spiro atoms. The van der Waals surface area contributed by atoms with Crippen LogP contribution in [0.3, 0.4) is 0 Å². The molecular weight excluding hydrogens is 260 g/mol. The first-order valence-electron chi connectivity index (χ1n) is 6.59. The van der Waals surface area contributed by atoms with Crippen molar-refractivity contribution in [2.45, 2.75) is 26.7 Å². The lowest BCUT2D eigenvalue weighted by molar-refractivity contribution is -0.385. The number of nitrogens with one attached hydrogen (secondary N) is 1. The third kappa shape index (κ3) is 4.62. The Morgan fingerprint density at radius 3 is 2.80 bits per heavy atom. The molecule has 0 heterocycles. The zero-order valence-corrected chi connectivity index (χ0v) is 11.8. The fourth-order valence-corrected chi connectivity index (χ4v) is 1.83. The zero-order chi connectivity index (χ0) is 15.1. The van der Waals surface area contributed by atoms with Crippen molar-refractivity contribution >= 4 is 11.6 Å². The number of carbonyl (C=O) groups excluding carboxylic acids is 1. The van der Waals surface area contributed by atoms with Crippen LogP contribution in [0, 0.1) is 23.0 Å². The summed E-state index contributed by atoms with van der Waals surface area (Å²) in [6.07, 6.45) is 1.53. The molecular formula is C14H20N2O4. The van der Waals surface area contributed by atoms with E-state index in [2.05, 4.69) is 5.32 Å². The quantitative estimate of drug-likeness (QED) is 0.454. The van der Waals surface area contributed by atoms with E-state index in [0.29, 0.717) is 6.54 Å². The van der Waals surface area contributed by atoms with Crippen molar-refractivity contribution < 1.29 is 14.8 Å². The van der Waals surface area contributed by atoms with Crippen LogP contribution in [-0.4, -0.2) is 29.1 Å². The largest absolute Gasteiger partial charge is 0.396 e. The van der Waals surface area contributed by atoms with Crippen molar-refractivity contribution in [2.75, 3.05) is 13.2 Å². The fraction of sp³-hybridized carbons (Fsp3) is 0.500. The van der Waals surface area contributed by atoms with Gasteiger partial charge in [-0.15, -0.1) is 0 Å². The normalized spacial score (nSPS) is 11.9. The number of hydrogen-bond acceptors (Lipinski definition) is 4. The minimum absolute atomic E-state index is 0.0882. The SMILES string of the molecule is Cc1ccc([N+](=O)[O-])c(C(=O)NCCCC(C)CO)c1. The lowest BCUT2D eigenvalue weighted by Crippen LogP contribution is -2.25. The molecule has 2 N–H and O–H groups in total. The van der Waals surface area contributed by atoms with Gasteiger partial charge >= 0.3 is 0 Å². The maximum atomic E-state index is 12.0. The Morgan fingerprint density at radius 2 is 2.20 bits per heavy atom. The van der Waals surface area contributed by atoms with Crippen LogP contribution in [0.5, 0.6) is 0 Å². The van der Waals surface area contributed by atoms with E-state index in [1.165, 1.54) is 12.1 Å². The molecule has 0 aliphatic carbocycles. The zero-order valence-electron chi connectivity index (χ0n) is 11.8. The summed E-state index contributed by atoms with van der Waals surface area (Å²) in [6, 6.07) is 4.47. The van der Waals surface area contributed by atoms with E-state index < -0.39 is 10.8 Å². The van der Waals surface area contributed by atoms with Crippen molar-refractivity contribution in [3.8, 4) is 0 Å². The maximum Gasteiger partial charge on any atom is 0.282 e. The number of carbonyl (C=O) groups is 1. The Morgan fingerprint density at radius 1 is 1.50 bits per heavy atom. The highest BCUT2D eigenvalue weighted by molar-refractivity contribution is 5.98. The van der Waals surface area contributed by atoms with Crippen molar-refractivity contribution in [1.82, 2.24) is 5.32 Å². The number of benzene rings is 1. The van der Waals surface area contributed by atoms with Gasteiger partial charge < -0.3 is 10.4 Å². The van der Waals surface area contributed by atoms with E-state index >= 15 is 0 Å². The average molecular weight is 280 g/mol. The van der Waals surface area contributed by atoms with Gasteiger partial charge in [-0.1, -0.05) is 13.0 Å². The first kappa shape index (κ1) is 16.1. The Kier molecular flexibility index (Phi) is 6.11. The van der Waals surface area contributed by atoms with Gasteiger partial charge in [0, 0.05) is 19.2 Å². The second kappa shape index (κ2) is 7.59. The standard InChI is InChI=1S/C14H20N2O4/c1-10-5-6-13(16(19)20)12(8-10)14(18)15-7-3-4-11(2)9-17/h5-6,8,11,17H,3-4,7,9H2,1-2H3,(H,15,18). The van der Waals surface area contributed by atoms with Crippen LogP contribution >= 0.6 is 0 Å². The summed E-state index contributed by atoms with van der Waals surface area (Å²) >= 11 is 0. The molecule has 20 heavy (non-hydrogen) atoms. The van der Waals surface area contributed by atoms with Crippen molar-refractivity contribution in [2.24, 2.45) is 5.92 Å². The summed E-state index contributed by atoms with van der Waals surface area (Å²) in [5.74, 6) is -0.239. The topological polar surface area (TPSA) is 92.5 Å². The molecule has 0 saturated carbocycles. The van der Waals surface area contributed by atoms with Crippen LogP contribution in [0.15, 0.2) is 18.2 Å². The molecule has 0 fully saturated rings. The highest BCUT2D eigenvalue weighted by Gasteiger charge is 2.19. The Balaban J connectivity index is 2.63. The number of hydrogen-bond donors (Lipinski definition) is 2. The minimum atomic E-state index is -0.553. The van der Waals surface area contributed by atoms with E-state index in [0.717, 1.165) is 18.4 Å². The van der Waals surface area contributed by atoms with Crippen LogP contribution in [0.1, 0.15) is 35.7 Å².